The molecule has 5 nitrogen and oxygen atoms in total. The molecule has 2 saturated heterocycles. The summed E-state index contributed by atoms with van der Waals surface area (Å²) >= 11 is 0. The summed E-state index contributed by atoms with van der Waals surface area (Å²) in [6.07, 6.45) is 2.16. The van der Waals surface area contributed by atoms with Crippen molar-refractivity contribution in [1.29, 1.82) is 0 Å². The predicted molar refractivity (Wildman–Crippen MR) is 114 cm³/mol. The number of hydrogen-bond acceptors (Lipinski definition) is 3. The minimum Gasteiger partial charge on any atom is -0.340 e. The van der Waals surface area contributed by atoms with Crippen molar-refractivity contribution in [2.45, 2.75) is 52.0 Å². The van der Waals surface area contributed by atoms with Gasteiger partial charge in [0.05, 0.1) is 0 Å². The van der Waals surface area contributed by atoms with Gasteiger partial charge in [0, 0.05) is 32.0 Å². The topological polar surface area (TPSA) is 66.6 Å². The van der Waals surface area contributed by atoms with E-state index in [9.17, 15) is 9.59 Å². The summed E-state index contributed by atoms with van der Waals surface area (Å²) in [6, 6.07) is 10.0. The highest BCUT2D eigenvalue weighted by Gasteiger charge is 2.42. The number of carbonyl (C=O) groups is 2. The number of nitrogens with zero attached hydrogens (tertiary/aromatic N) is 2. The van der Waals surface area contributed by atoms with Gasteiger partial charge in [0.1, 0.15) is 6.04 Å². The van der Waals surface area contributed by atoms with Crippen molar-refractivity contribution in [3.63, 3.8) is 0 Å². The van der Waals surface area contributed by atoms with Crippen LogP contribution in [0, 0.1) is 11.3 Å². The van der Waals surface area contributed by atoms with E-state index in [4.69, 9.17) is 5.73 Å². The lowest BCUT2D eigenvalue weighted by molar-refractivity contribution is -0.144. The van der Waals surface area contributed by atoms with Gasteiger partial charge in [-0.05, 0) is 36.3 Å². The van der Waals surface area contributed by atoms with Crippen LogP contribution in [0.25, 0.3) is 0 Å². The highest BCUT2D eigenvalue weighted by atomic mass is 35.5. The molecule has 2 amide bonds. The number of rotatable bonds is 4. The maximum atomic E-state index is 13.3. The fourth-order valence-electron chi connectivity index (χ4n) is 4.46. The van der Waals surface area contributed by atoms with Gasteiger partial charge in [-0.25, -0.2) is 0 Å². The number of benzene rings is 1. The van der Waals surface area contributed by atoms with Crippen LogP contribution in [0.3, 0.4) is 0 Å². The third-order valence-electron chi connectivity index (χ3n) is 5.82. The lowest BCUT2D eigenvalue weighted by atomic mass is 9.89. The molecule has 3 rings (SSSR count). The molecule has 0 saturated carbocycles. The molecule has 1 aromatic carbocycles. The first-order valence-corrected chi connectivity index (χ1v) is 10.1. The highest BCUT2D eigenvalue weighted by Crippen LogP contribution is 2.34. The van der Waals surface area contributed by atoms with Gasteiger partial charge in [-0.2, -0.15) is 0 Å². The minimum atomic E-state index is -0.298. The molecule has 2 heterocycles. The lowest BCUT2D eigenvalue weighted by Gasteiger charge is -2.30. The number of hydrogen-bond donors (Lipinski definition) is 1. The van der Waals surface area contributed by atoms with Gasteiger partial charge in [0.2, 0.25) is 11.8 Å². The number of nitrogens with two attached hydrogens (primary N) is 1. The van der Waals surface area contributed by atoms with E-state index in [1.54, 1.807) is 0 Å². The zero-order valence-electron chi connectivity index (χ0n) is 17.3. The van der Waals surface area contributed by atoms with Crippen LogP contribution >= 0.6 is 12.4 Å². The lowest BCUT2D eigenvalue weighted by Crippen LogP contribution is -2.48. The molecule has 0 aliphatic carbocycles. The monoisotopic (exact) mass is 407 g/mol. The van der Waals surface area contributed by atoms with Crippen molar-refractivity contribution in [2.24, 2.45) is 17.1 Å². The van der Waals surface area contributed by atoms with Gasteiger partial charge < -0.3 is 15.5 Å². The van der Waals surface area contributed by atoms with Gasteiger partial charge in [0.25, 0.3) is 0 Å². The van der Waals surface area contributed by atoms with Crippen LogP contribution in [-0.2, 0) is 9.59 Å². The molecule has 0 bridgehead atoms. The Balaban J connectivity index is 0.00000280. The minimum absolute atomic E-state index is 0. The van der Waals surface area contributed by atoms with Crippen LogP contribution < -0.4 is 5.73 Å². The zero-order chi connectivity index (χ0) is 19.6. The predicted octanol–water partition coefficient (Wildman–Crippen LogP) is 3.04. The van der Waals surface area contributed by atoms with Crippen molar-refractivity contribution in [3.8, 4) is 0 Å². The molecule has 1 unspecified atom stereocenters. The van der Waals surface area contributed by atoms with Crippen molar-refractivity contribution < 1.29 is 9.59 Å². The fourth-order valence-corrected chi connectivity index (χ4v) is 4.46. The molecular formula is C22H34ClN3O2. The molecule has 2 aliphatic heterocycles. The van der Waals surface area contributed by atoms with Crippen LogP contribution in [0.4, 0.5) is 0 Å². The maximum Gasteiger partial charge on any atom is 0.245 e. The SMILES string of the molecule is CC(C)(C)CC(=O)N1CCCC1C(=O)N1C[C@@H](CN)[C@H](c2ccccc2)C1.Cl. The largest absolute Gasteiger partial charge is 0.340 e. The summed E-state index contributed by atoms with van der Waals surface area (Å²) in [7, 11) is 0. The van der Waals surface area contributed by atoms with Crippen LogP contribution in [-0.4, -0.2) is 53.8 Å². The van der Waals surface area contributed by atoms with Crippen molar-refractivity contribution in [2.75, 3.05) is 26.2 Å². The van der Waals surface area contributed by atoms with Gasteiger partial charge in [-0.15, -0.1) is 12.4 Å². The summed E-state index contributed by atoms with van der Waals surface area (Å²) in [5, 5.41) is 0. The summed E-state index contributed by atoms with van der Waals surface area (Å²) in [5.74, 6) is 0.760. The van der Waals surface area contributed by atoms with E-state index >= 15 is 0 Å². The molecular weight excluding hydrogens is 374 g/mol. The van der Waals surface area contributed by atoms with Gasteiger partial charge in [0.15, 0.2) is 0 Å². The standard InChI is InChI=1S/C22H33N3O2.ClH/c1-22(2,3)12-20(26)25-11-7-10-19(25)21(27)24-14-17(13-23)18(15-24)16-8-5-4-6-9-16;/h4-6,8-9,17-19H,7,10-15,23H2,1-3H3;1H/t17-,18+,19?;/m1./s1. The Morgan fingerprint density at radius 2 is 1.82 bits per heavy atom. The molecule has 3 atom stereocenters. The average Bonchev–Trinajstić information content (AvgIpc) is 3.27. The fraction of sp³-hybridized carbons (Fsp3) is 0.636. The van der Waals surface area contributed by atoms with Crippen molar-refractivity contribution in [1.82, 2.24) is 9.80 Å². The molecule has 0 radical (unpaired) electrons. The van der Waals surface area contributed by atoms with E-state index in [-0.39, 0.29) is 47.5 Å². The molecule has 6 heteroatoms. The van der Waals surface area contributed by atoms with E-state index in [0.29, 0.717) is 32.6 Å². The van der Waals surface area contributed by atoms with E-state index in [1.165, 1.54) is 5.56 Å². The molecule has 0 spiro atoms. The van der Waals surface area contributed by atoms with E-state index in [1.807, 2.05) is 28.0 Å². The second-order valence-corrected chi connectivity index (χ2v) is 9.24. The van der Waals surface area contributed by atoms with Crippen LogP contribution in [0.15, 0.2) is 30.3 Å². The van der Waals surface area contributed by atoms with Gasteiger partial charge in [-0.3, -0.25) is 9.59 Å². The van der Waals surface area contributed by atoms with Gasteiger partial charge in [-0.1, -0.05) is 51.1 Å². The molecule has 0 aromatic heterocycles. The first kappa shape index (κ1) is 22.7. The van der Waals surface area contributed by atoms with Crippen molar-refractivity contribution >= 4 is 24.2 Å². The first-order chi connectivity index (χ1) is 12.8. The Bertz CT molecular complexity index is 674. The number of halogens is 1. The Hall–Kier alpha value is -1.59. The Morgan fingerprint density at radius 3 is 2.43 bits per heavy atom. The quantitative estimate of drug-likeness (QED) is 0.834. The van der Waals surface area contributed by atoms with Crippen LogP contribution in [0.5, 0.6) is 0 Å². The Kier molecular flexibility index (Phi) is 7.52. The maximum absolute atomic E-state index is 13.3. The molecule has 1 aromatic rings. The van der Waals surface area contributed by atoms with Gasteiger partial charge >= 0.3 is 0 Å². The highest BCUT2D eigenvalue weighted by molar-refractivity contribution is 5.88. The zero-order valence-corrected chi connectivity index (χ0v) is 18.1. The molecule has 2 aliphatic rings. The second kappa shape index (κ2) is 9.27. The summed E-state index contributed by atoms with van der Waals surface area (Å²) in [4.78, 5) is 29.8. The van der Waals surface area contributed by atoms with E-state index in [2.05, 4.69) is 32.9 Å². The number of likely N-dealkylation sites (tertiary alicyclic amines) is 2. The van der Waals surface area contributed by atoms with E-state index in [0.717, 1.165) is 12.8 Å². The van der Waals surface area contributed by atoms with E-state index < -0.39 is 0 Å². The molecule has 2 fully saturated rings. The number of amides is 2. The number of carbonyl (C=O) groups excluding carboxylic acids is 2. The average molecular weight is 408 g/mol. The molecule has 156 valence electrons. The second-order valence-electron chi connectivity index (χ2n) is 9.24. The van der Waals surface area contributed by atoms with Crippen LogP contribution in [0.2, 0.25) is 0 Å². The third-order valence-corrected chi connectivity index (χ3v) is 5.82. The smallest absolute Gasteiger partial charge is 0.245 e. The Labute approximate surface area is 175 Å². The third kappa shape index (κ3) is 5.06. The van der Waals surface area contributed by atoms with Crippen LogP contribution in [0.1, 0.15) is 51.5 Å². The molecule has 28 heavy (non-hydrogen) atoms. The normalized spacial score (nSPS) is 24.9. The Morgan fingerprint density at radius 1 is 1.14 bits per heavy atom. The first-order valence-electron chi connectivity index (χ1n) is 10.1. The molecule has 2 N–H and O–H groups in total. The summed E-state index contributed by atoms with van der Waals surface area (Å²) in [6.45, 7) is 8.84. The summed E-state index contributed by atoms with van der Waals surface area (Å²) < 4.78 is 0. The van der Waals surface area contributed by atoms with Crippen molar-refractivity contribution in [3.05, 3.63) is 35.9 Å². The summed E-state index contributed by atoms with van der Waals surface area (Å²) in [5.41, 5.74) is 7.20.